The molecule has 0 saturated carbocycles. The summed E-state index contributed by atoms with van der Waals surface area (Å²) in [5.41, 5.74) is 1.52. The van der Waals surface area contributed by atoms with Gasteiger partial charge >= 0.3 is 0 Å². The van der Waals surface area contributed by atoms with Crippen molar-refractivity contribution in [2.45, 2.75) is 38.2 Å². The summed E-state index contributed by atoms with van der Waals surface area (Å²) in [7, 11) is 1.82. The number of hydrogen-bond acceptors (Lipinski definition) is 4. The Hall–Kier alpha value is -1.85. The summed E-state index contributed by atoms with van der Waals surface area (Å²) in [6.45, 7) is 1.54. The van der Waals surface area contributed by atoms with Gasteiger partial charge in [0, 0.05) is 36.9 Å². The molecule has 1 aromatic carbocycles. The van der Waals surface area contributed by atoms with Crippen LogP contribution >= 0.6 is 11.6 Å². The Morgan fingerprint density at radius 1 is 1.32 bits per heavy atom. The van der Waals surface area contributed by atoms with Crippen molar-refractivity contribution in [3.8, 4) is 11.3 Å². The number of halogens is 1. The molecule has 25 heavy (non-hydrogen) atoms. The highest BCUT2D eigenvalue weighted by Crippen LogP contribution is 2.22. The van der Waals surface area contributed by atoms with E-state index in [1.165, 1.54) is 6.42 Å². The van der Waals surface area contributed by atoms with Gasteiger partial charge in [0.2, 0.25) is 5.91 Å². The van der Waals surface area contributed by atoms with Crippen molar-refractivity contribution in [3.05, 3.63) is 41.0 Å². The zero-order chi connectivity index (χ0) is 17.6. The Balaban J connectivity index is 1.51. The van der Waals surface area contributed by atoms with Gasteiger partial charge in [-0.05, 0) is 49.9 Å². The molecule has 6 heteroatoms. The van der Waals surface area contributed by atoms with Crippen LogP contribution in [0.15, 0.2) is 34.9 Å². The van der Waals surface area contributed by atoms with Crippen molar-refractivity contribution in [2.24, 2.45) is 0 Å². The number of nitrogens with zero attached hydrogens (tertiary/aromatic N) is 2. The van der Waals surface area contributed by atoms with Crippen LogP contribution in [-0.2, 0) is 16.0 Å². The highest BCUT2D eigenvalue weighted by atomic mass is 35.5. The van der Waals surface area contributed by atoms with E-state index in [9.17, 15) is 4.79 Å². The summed E-state index contributed by atoms with van der Waals surface area (Å²) in [5.74, 6) is 0.671. The predicted octanol–water partition coefficient (Wildman–Crippen LogP) is 3.96. The van der Waals surface area contributed by atoms with E-state index in [-0.39, 0.29) is 18.4 Å². The molecule has 1 fully saturated rings. The predicted molar refractivity (Wildman–Crippen MR) is 96.5 cm³/mol. The number of aromatic nitrogens is 1. The molecule has 3 rings (SSSR count). The molecule has 1 amide bonds. The number of rotatable bonds is 6. The summed E-state index contributed by atoms with van der Waals surface area (Å²) in [6, 6.07) is 9.13. The van der Waals surface area contributed by atoms with E-state index >= 15 is 0 Å². The van der Waals surface area contributed by atoms with Gasteiger partial charge in [0.1, 0.15) is 0 Å². The fourth-order valence-electron chi connectivity index (χ4n) is 2.93. The second-order valence-electron chi connectivity index (χ2n) is 6.46. The monoisotopic (exact) mass is 362 g/mol. The Bertz CT molecular complexity index is 693. The van der Waals surface area contributed by atoms with E-state index in [0.717, 1.165) is 31.4 Å². The summed E-state index contributed by atoms with van der Waals surface area (Å²) in [5, 5.41) is 4.68. The SMILES string of the molecule is CN(CCC1CCCCO1)C(=O)Cc1cc(-c2ccc(Cl)cc2)on1. The normalized spacial score (nSPS) is 17.4. The first-order valence-corrected chi connectivity index (χ1v) is 9.07. The molecule has 5 nitrogen and oxygen atoms in total. The van der Waals surface area contributed by atoms with Gasteiger partial charge in [-0.15, -0.1) is 0 Å². The Labute approximate surface area is 152 Å². The Kier molecular flexibility index (Phi) is 6.10. The van der Waals surface area contributed by atoms with Gasteiger partial charge in [0.25, 0.3) is 0 Å². The summed E-state index contributed by atoms with van der Waals surface area (Å²) in [6.07, 6.45) is 4.86. The van der Waals surface area contributed by atoms with Crippen LogP contribution in [0.3, 0.4) is 0 Å². The minimum absolute atomic E-state index is 0.0340. The smallest absolute Gasteiger partial charge is 0.228 e. The third-order valence-electron chi connectivity index (χ3n) is 4.51. The minimum Gasteiger partial charge on any atom is -0.378 e. The van der Waals surface area contributed by atoms with Gasteiger partial charge in [0.05, 0.1) is 18.2 Å². The molecule has 1 atom stereocenters. The summed E-state index contributed by atoms with van der Waals surface area (Å²) in [4.78, 5) is 14.1. The van der Waals surface area contributed by atoms with Crippen LogP contribution in [0.1, 0.15) is 31.4 Å². The lowest BCUT2D eigenvalue weighted by Crippen LogP contribution is -2.32. The summed E-state index contributed by atoms with van der Waals surface area (Å²) < 4.78 is 11.1. The molecule has 0 N–H and O–H groups in total. The average molecular weight is 363 g/mol. The molecule has 1 aliphatic rings. The van der Waals surface area contributed by atoms with E-state index in [0.29, 0.717) is 23.0 Å². The number of amides is 1. The molecule has 1 saturated heterocycles. The van der Waals surface area contributed by atoms with Crippen LogP contribution in [0, 0.1) is 0 Å². The standard InChI is InChI=1S/C19H23ClN2O3/c1-22(10-9-17-4-2-3-11-24-17)19(23)13-16-12-18(25-21-16)14-5-7-15(20)8-6-14/h5-8,12,17H,2-4,9-11,13H2,1H3. The van der Waals surface area contributed by atoms with E-state index in [1.54, 1.807) is 23.1 Å². The van der Waals surface area contributed by atoms with Crippen molar-refractivity contribution in [2.75, 3.05) is 20.2 Å². The van der Waals surface area contributed by atoms with Crippen molar-refractivity contribution in [1.29, 1.82) is 0 Å². The van der Waals surface area contributed by atoms with Gasteiger partial charge in [-0.2, -0.15) is 0 Å². The lowest BCUT2D eigenvalue weighted by Gasteiger charge is -2.25. The highest BCUT2D eigenvalue weighted by molar-refractivity contribution is 6.30. The number of benzene rings is 1. The number of hydrogen-bond donors (Lipinski definition) is 0. The molecule has 1 aliphatic heterocycles. The van der Waals surface area contributed by atoms with Gasteiger partial charge in [-0.1, -0.05) is 16.8 Å². The fraction of sp³-hybridized carbons (Fsp3) is 0.474. The van der Waals surface area contributed by atoms with E-state index in [4.69, 9.17) is 20.9 Å². The van der Waals surface area contributed by atoms with Crippen molar-refractivity contribution >= 4 is 17.5 Å². The van der Waals surface area contributed by atoms with Crippen LogP contribution in [0.25, 0.3) is 11.3 Å². The second kappa shape index (κ2) is 8.50. The molecule has 134 valence electrons. The molecule has 0 spiro atoms. The highest BCUT2D eigenvalue weighted by Gasteiger charge is 2.18. The van der Waals surface area contributed by atoms with E-state index < -0.39 is 0 Å². The molecule has 2 aromatic rings. The molecule has 1 aromatic heterocycles. The molecular formula is C19H23ClN2O3. The maximum atomic E-state index is 12.4. The largest absolute Gasteiger partial charge is 0.378 e. The lowest BCUT2D eigenvalue weighted by molar-refractivity contribution is -0.129. The minimum atomic E-state index is 0.0340. The molecule has 0 aliphatic carbocycles. The van der Waals surface area contributed by atoms with Crippen LogP contribution in [0.4, 0.5) is 0 Å². The van der Waals surface area contributed by atoms with Gasteiger partial charge < -0.3 is 14.2 Å². The fourth-order valence-corrected chi connectivity index (χ4v) is 3.06. The van der Waals surface area contributed by atoms with Gasteiger partial charge in [-0.3, -0.25) is 4.79 Å². The zero-order valence-electron chi connectivity index (χ0n) is 14.4. The number of ether oxygens (including phenoxy) is 1. The molecule has 1 unspecified atom stereocenters. The molecular weight excluding hydrogens is 340 g/mol. The molecule has 0 bridgehead atoms. The first-order chi connectivity index (χ1) is 12.1. The zero-order valence-corrected chi connectivity index (χ0v) is 15.2. The topological polar surface area (TPSA) is 55.6 Å². The van der Waals surface area contributed by atoms with Crippen LogP contribution in [-0.4, -0.2) is 42.3 Å². The first-order valence-electron chi connectivity index (χ1n) is 8.69. The van der Waals surface area contributed by atoms with Gasteiger partial charge in [-0.25, -0.2) is 0 Å². The van der Waals surface area contributed by atoms with Crippen LogP contribution in [0.5, 0.6) is 0 Å². The van der Waals surface area contributed by atoms with Crippen molar-refractivity contribution in [3.63, 3.8) is 0 Å². The van der Waals surface area contributed by atoms with Crippen LogP contribution < -0.4 is 0 Å². The maximum absolute atomic E-state index is 12.4. The van der Waals surface area contributed by atoms with Crippen LogP contribution in [0.2, 0.25) is 5.02 Å². The molecule has 0 radical (unpaired) electrons. The third kappa shape index (κ3) is 5.06. The number of carbonyl (C=O) groups is 1. The quantitative estimate of drug-likeness (QED) is 0.780. The Morgan fingerprint density at radius 3 is 2.84 bits per heavy atom. The number of carbonyl (C=O) groups excluding carboxylic acids is 1. The summed E-state index contributed by atoms with van der Waals surface area (Å²) >= 11 is 5.89. The maximum Gasteiger partial charge on any atom is 0.228 e. The molecule has 2 heterocycles. The van der Waals surface area contributed by atoms with Crippen molar-refractivity contribution in [1.82, 2.24) is 10.1 Å². The lowest BCUT2D eigenvalue weighted by atomic mass is 10.1. The second-order valence-corrected chi connectivity index (χ2v) is 6.90. The number of likely N-dealkylation sites (N-methyl/N-ethyl adjacent to an activating group) is 1. The van der Waals surface area contributed by atoms with E-state index in [2.05, 4.69) is 5.16 Å². The Morgan fingerprint density at radius 2 is 2.12 bits per heavy atom. The van der Waals surface area contributed by atoms with Gasteiger partial charge in [0.15, 0.2) is 5.76 Å². The van der Waals surface area contributed by atoms with E-state index in [1.807, 2.05) is 19.2 Å². The van der Waals surface area contributed by atoms with Crippen molar-refractivity contribution < 1.29 is 14.1 Å². The average Bonchev–Trinajstić information content (AvgIpc) is 3.09. The first kappa shape index (κ1) is 18.0. The third-order valence-corrected chi connectivity index (χ3v) is 4.76.